The van der Waals surface area contributed by atoms with E-state index in [-0.39, 0.29) is 11.5 Å². The van der Waals surface area contributed by atoms with Gasteiger partial charge in [-0.1, -0.05) is 34.1 Å². The summed E-state index contributed by atoms with van der Waals surface area (Å²) in [6.07, 6.45) is 1.66. The van der Waals surface area contributed by atoms with E-state index in [4.69, 9.17) is 0 Å². The van der Waals surface area contributed by atoms with Crippen molar-refractivity contribution in [3.05, 3.63) is 70.8 Å². The van der Waals surface area contributed by atoms with Crippen LogP contribution in [0.5, 0.6) is 0 Å². The molecule has 132 valence electrons. The van der Waals surface area contributed by atoms with Crippen LogP contribution in [0.4, 0.5) is 11.4 Å². The van der Waals surface area contributed by atoms with Gasteiger partial charge in [0.2, 0.25) is 0 Å². The van der Waals surface area contributed by atoms with Gasteiger partial charge in [-0.2, -0.15) is 5.26 Å². The molecular formula is C20H19BrN4O. The monoisotopic (exact) mass is 410 g/mol. The molecule has 1 aliphatic heterocycles. The highest BCUT2D eigenvalue weighted by molar-refractivity contribution is 9.10. The number of anilines is 2. The third-order valence-electron chi connectivity index (χ3n) is 4.21. The van der Waals surface area contributed by atoms with E-state index in [2.05, 4.69) is 38.3 Å². The summed E-state index contributed by atoms with van der Waals surface area (Å²) in [5.74, 6) is -0.389. The molecule has 3 rings (SSSR count). The molecule has 1 saturated heterocycles. The second kappa shape index (κ2) is 8.54. The predicted octanol–water partition coefficient (Wildman–Crippen LogP) is 3.62. The van der Waals surface area contributed by atoms with Crippen LogP contribution < -0.4 is 10.2 Å². The average molecular weight is 411 g/mol. The van der Waals surface area contributed by atoms with Gasteiger partial charge in [0.1, 0.15) is 11.6 Å². The van der Waals surface area contributed by atoms with Gasteiger partial charge in [-0.05, 0) is 36.4 Å². The number of nitrogens with one attached hydrogen (secondary N) is 1. The SMILES string of the molecule is N#C/C(=C/N1CCN(c2ccccc2)CC1)C(=O)Nc1ccc(Br)cc1. The normalized spacial score (nSPS) is 14.7. The minimum atomic E-state index is -0.389. The molecule has 0 bridgehead atoms. The Morgan fingerprint density at radius 3 is 2.31 bits per heavy atom. The number of para-hydroxylation sites is 1. The van der Waals surface area contributed by atoms with Gasteiger partial charge in [-0.25, -0.2) is 0 Å². The zero-order valence-electron chi connectivity index (χ0n) is 14.2. The Hall–Kier alpha value is -2.78. The molecule has 2 aromatic carbocycles. The molecule has 1 heterocycles. The van der Waals surface area contributed by atoms with Crippen LogP contribution in [-0.4, -0.2) is 37.0 Å². The van der Waals surface area contributed by atoms with Crippen molar-refractivity contribution < 1.29 is 4.79 Å². The largest absolute Gasteiger partial charge is 0.373 e. The summed E-state index contributed by atoms with van der Waals surface area (Å²) >= 11 is 3.35. The molecule has 1 aliphatic rings. The number of nitrogens with zero attached hydrogens (tertiary/aromatic N) is 3. The standard InChI is InChI=1S/C20H19BrN4O/c21-17-6-8-18(9-7-17)23-20(26)16(14-22)15-24-10-12-25(13-11-24)19-4-2-1-3-5-19/h1-9,15H,10-13H2,(H,23,26)/b16-15-. The van der Waals surface area contributed by atoms with Crippen LogP contribution >= 0.6 is 15.9 Å². The van der Waals surface area contributed by atoms with Crippen molar-refractivity contribution in [3.8, 4) is 6.07 Å². The lowest BCUT2D eigenvalue weighted by molar-refractivity contribution is -0.112. The van der Waals surface area contributed by atoms with Gasteiger partial charge < -0.3 is 15.1 Å². The zero-order valence-corrected chi connectivity index (χ0v) is 15.8. The maximum Gasteiger partial charge on any atom is 0.267 e. The summed E-state index contributed by atoms with van der Waals surface area (Å²) in [5.41, 5.74) is 1.97. The van der Waals surface area contributed by atoms with Crippen LogP contribution in [0, 0.1) is 11.3 Å². The Bertz CT molecular complexity index is 819. The molecule has 1 amide bonds. The van der Waals surface area contributed by atoms with E-state index in [1.807, 2.05) is 41.3 Å². The number of halogens is 1. The van der Waals surface area contributed by atoms with Gasteiger partial charge in [0, 0.05) is 48.2 Å². The van der Waals surface area contributed by atoms with Crippen molar-refractivity contribution in [2.24, 2.45) is 0 Å². The number of rotatable bonds is 4. The highest BCUT2D eigenvalue weighted by atomic mass is 79.9. The summed E-state index contributed by atoms with van der Waals surface area (Å²) in [4.78, 5) is 16.7. The summed E-state index contributed by atoms with van der Waals surface area (Å²) in [7, 11) is 0. The molecule has 0 radical (unpaired) electrons. The van der Waals surface area contributed by atoms with E-state index in [9.17, 15) is 10.1 Å². The van der Waals surface area contributed by atoms with Gasteiger partial charge in [0.25, 0.3) is 5.91 Å². The molecule has 0 aliphatic carbocycles. The van der Waals surface area contributed by atoms with E-state index in [1.165, 1.54) is 5.69 Å². The summed E-state index contributed by atoms with van der Waals surface area (Å²) in [6, 6.07) is 19.5. The van der Waals surface area contributed by atoms with Crippen LogP contribution in [0.2, 0.25) is 0 Å². The van der Waals surface area contributed by atoms with Crippen molar-refractivity contribution >= 4 is 33.2 Å². The number of amides is 1. The number of carbonyl (C=O) groups is 1. The molecule has 1 fully saturated rings. The summed E-state index contributed by atoms with van der Waals surface area (Å²) < 4.78 is 0.933. The van der Waals surface area contributed by atoms with Gasteiger partial charge in [0.05, 0.1) is 0 Å². The minimum Gasteiger partial charge on any atom is -0.373 e. The van der Waals surface area contributed by atoms with Crippen LogP contribution in [0.3, 0.4) is 0 Å². The topological polar surface area (TPSA) is 59.4 Å². The van der Waals surface area contributed by atoms with Gasteiger partial charge in [-0.3, -0.25) is 4.79 Å². The molecule has 0 spiro atoms. The smallest absolute Gasteiger partial charge is 0.267 e. The lowest BCUT2D eigenvalue weighted by atomic mass is 10.2. The van der Waals surface area contributed by atoms with E-state index >= 15 is 0 Å². The average Bonchev–Trinajstić information content (AvgIpc) is 2.69. The van der Waals surface area contributed by atoms with Gasteiger partial charge in [-0.15, -0.1) is 0 Å². The number of hydrogen-bond donors (Lipinski definition) is 1. The Balaban J connectivity index is 1.60. The second-order valence-electron chi connectivity index (χ2n) is 5.97. The third-order valence-corrected chi connectivity index (χ3v) is 4.74. The summed E-state index contributed by atoms with van der Waals surface area (Å²) in [5, 5.41) is 12.1. The minimum absolute atomic E-state index is 0.112. The fourth-order valence-electron chi connectivity index (χ4n) is 2.80. The Kier molecular flexibility index (Phi) is 5.92. The van der Waals surface area contributed by atoms with Gasteiger partial charge >= 0.3 is 0 Å². The van der Waals surface area contributed by atoms with Crippen molar-refractivity contribution in [1.29, 1.82) is 5.26 Å². The van der Waals surface area contributed by atoms with Crippen molar-refractivity contribution in [1.82, 2.24) is 4.90 Å². The molecule has 0 atom stereocenters. The molecule has 0 aromatic heterocycles. The first-order valence-electron chi connectivity index (χ1n) is 8.38. The fraction of sp³-hybridized carbons (Fsp3) is 0.200. The van der Waals surface area contributed by atoms with Crippen molar-refractivity contribution in [2.75, 3.05) is 36.4 Å². The highest BCUT2D eigenvalue weighted by Gasteiger charge is 2.17. The predicted molar refractivity (Wildman–Crippen MR) is 107 cm³/mol. The molecule has 0 saturated carbocycles. The zero-order chi connectivity index (χ0) is 18.4. The number of piperazine rings is 1. The molecule has 26 heavy (non-hydrogen) atoms. The van der Waals surface area contributed by atoms with E-state index in [1.54, 1.807) is 18.3 Å². The number of nitriles is 1. The summed E-state index contributed by atoms with van der Waals surface area (Å²) in [6.45, 7) is 3.25. The maximum atomic E-state index is 12.3. The molecule has 1 N–H and O–H groups in total. The van der Waals surface area contributed by atoms with Crippen molar-refractivity contribution in [3.63, 3.8) is 0 Å². The lowest BCUT2D eigenvalue weighted by Crippen LogP contribution is -2.44. The second-order valence-corrected chi connectivity index (χ2v) is 6.89. The molecule has 0 unspecified atom stereocenters. The van der Waals surface area contributed by atoms with Crippen LogP contribution in [-0.2, 0) is 4.79 Å². The first-order chi connectivity index (χ1) is 12.7. The van der Waals surface area contributed by atoms with E-state index in [0.29, 0.717) is 5.69 Å². The van der Waals surface area contributed by atoms with Gasteiger partial charge in [0.15, 0.2) is 0 Å². The Labute approximate surface area is 161 Å². The highest BCUT2D eigenvalue weighted by Crippen LogP contribution is 2.17. The molecule has 5 nitrogen and oxygen atoms in total. The van der Waals surface area contributed by atoms with Crippen LogP contribution in [0.1, 0.15) is 0 Å². The van der Waals surface area contributed by atoms with E-state index in [0.717, 1.165) is 30.7 Å². The van der Waals surface area contributed by atoms with Crippen molar-refractivity contribution in [2.45, 2.75) is 0 Å². The first-order valence-corrected chi connectivity index (χ1v) is 9.18. The molecule has 6 heteroatoms. The first kappa shape index (κ1) is 18.0. The van der Waals surface area contributed by atoms with Crippen LogP contribution in [0.15, 0.2) is 70.8 Å². The van der Waals surface area contributed by atoms with Crippen LogP contribution in [0.25, 0.3) is 0 Å². The quantitative estimate of drug-likeness (QED) is 0.617. The van der Waals surface area contributed by atoms with E-state index < -0.39 is 0 Å². The molecular weight excluding hydrogens is 392 g/mol. The number of hydrogen-bond acceptors (Lipinski definition) is 4. The Morgan fingerprint density at radius 2 is 1.69 bits per heavy atom. The molecule has 2 aromatic rings. The fourth-order valence-corrected chi connectivity index (χ4v) is 3.06. The number of carbonyl (C=O) groups excluding carboxylic acids is 1. The maximum absolute atomic E-state index is 12.3. The Morgan fingerprint density at radius 1 is 1.04 bits per heavy atom. The lowest BCUT2D eigenvalue weighted by Gasteiger charge is -2.35. The third kappa shape index (κ3) is 4.64. The number of benzene rings is 2.